The van der Waals surface area contributed by atoms with E-state index >= 15 is 0 Å². The standard InChI is InChI=1S/C18H20ClN3OS/c19-14-6-3-5-13(11-14)18(8-1-2-9-18)12-21-17(24)22-16-15(23)7-4-10-20-16/h3-7,10-11,23H,1-2,8-9,12H2,(H2,20,21,22,24). The zero-order valence-electron chi connectivity index (χ0n) is 13.3. The fourth-order valence-corrected chi connectivity index (χ4v) is 3.69. The second kappa shape index (κ2) is 7.36. The Bertz CT molecular complexity index is 732. The molecule has 2 aromatic rings. The van der Waals surface area contributed by atoms with Gasteiger partial charge in [-0.05, 0) is 54.9 Å². The van der Waals surface area contributed by atoms with Gasteiger partial charge in [-0.3, -0.25) is 0 Å². The Morgan fingerprint density at radius 3 is 2.75 bits per heavy atom. The van der Waals surface area contributed by atoms with Gasteiger partial charge in [-0.15, -0.1) is 0 Å². The summed E-state index contributed by atoms with van der Waals surface area (Å²) in [5.41, 5.74) is 1.30. The van der Waals surface area contributed by atoms with Crippen LogP contribution < -0.4 is 10.6 Å². The van der Waals surface area contributed by atoms with Crippen LogP contribution in [0.15, 0.2) is 42.6 Å². The number of pyridine rings is 1. The van der Waals surface area contributed by atoms with E-state index in [-0.39, 0.29) is 11.2 Å². The Labute approximate surface area is 152 Å². The van der Waals surface area contributed by atoms with Gasteiger partial charge in [0.05, 0.1) is 0 Å². The van der Waals surface area contributed by atoms with Crippen molar-refractivity contribution in [2.24, 2.45) is 0 Å². The third-order valence-corrected chi connectivity index (χ3v) is 5.08. The van der Waals surface area contributed by atoms with E-state index in [1.807, 2.05) is 12.1 Å². The summed E-state index contributed by atoms with van der Waals surface area (Å²) >= 11 is 11.5. The quantitative estimate of drug-likeness (QED) is 0.711. The van der Waals surface area contributed by atoms with Crippen LogP contribution in [0.1, 0.15) is 31.2 Å². The Kier molecular flexibility index (Phi) is 5.21. The van der Waals surface area contributed by atoms with Gasteiger partial charge in [-0.25, -0.2) is 4.98 Å². The average Bonchev–Trinajstić information content (AvgIpc) is 3.05. The monoisotopic (exact) mass is 361 g/mol. The normalized spacial score (nSPS) is 15.9. The van der Waals surface area contributed by atoms with Gasteiger partial charge in [0.15, 0.2) is 16.7 Å². The van der Waals surface area contributed by atoms with Crippen molar-refractivity contribution < 1.29 is 5.11 Å². The molecule has 0 atom stereocenters. The smallest absolute Gasteiger partial charge is 0.174 e. The van der Waals surface area contributed by atoms with E-state index in [0.29, 0.717) is 10.9 Å². The third kappa shape index (κ3) is 3.79. The molecule has 126 valence electrons. The zero-order valence-corrected chi connectivity index (χ0v) is 14.8. The van der Waals surface area contributed by atoms with E-state index < -0.39 is 0 Å². The van der Waals surface area contributed by atoms with Gasteiger partial charge < -0.3 is 15.7 Å². The molecule has 0 spiro atoms. The number of benzene rings is 1. The number of rotatable bonds is 4. The molecule has 1 aliphatic carbocycles. The van der Waals surface area contributed by atoms with Gasteiger partial charge in [0, 0.05) is 23.2 Å². The lowest BCUT2D eigenvalue weighted by atomic mass is 9.79. The predicted octanol–water partition coefficient (Wildman–Crippen LogP) is 4.24. The van der Waals surface area contributed by atoms with Crippen LogP contribution in [0.3, 0.4) is 0 Å². The first kappa shape index (κ1) is 17.0. The summed E-state index contributed by atoms with van der Waals surface area (Å²) in [4.78, 5) is 4.08. The average molecular weight is 362 g/mol. The molecule has 6 heteroatoms. The van der Waals surface area contributed by atoms with Crippen LogP contribution in [-0.4, -0.2) is 21.7 Å². The van der Waals surface area contributed by atoms with Crippen LogP contribution in [-0.2, 0) is 5.41 Å². The minimum Gasteiger partial charge on any atom is -0.504 e. The van der Waals surface area contributed by atoms with Gasteiger partial charge in [-0.2, -0.15) is 0 Å². The van der Waals surface area contributed by atoms with E-state index in [1.165, 1.54) is 18.4 Å². The Balaban J connectivity index is 1.69. The first-order chi connectivity index (χ1) is 11.6. The number of nitrogens with one attached hydrogen (secondary N) is 2. The first-order valence-corrected chi connectivity index (χ1v) is 8.83. The summed E-state index contributed by atoms with van der Waals surface area (Å²) in [6.07, 6.45) is 6.23. The molecule has 0 amide bonds. The molecule has 0 radical (unpaired) electrons. The van der Waals surface area contributed by atoms with Crippen molar-refractivity contribution in [3.8, 4) is 5.75 Å². The number of halogens is 1. The Morgan fingerprint density at radius 2 is 2.04 bits per heavy atom. The van der Waals surface area contributed by atoms with Gasteiger partial charge >= 0.3 is 0 Å². The molecule has 0 aliphatic heterocycles. The number of aromatic nitrogens is 1. The lowest BCUT2D eigenvalue weighted by molar-refractivity contribution is 0.435. The van der Waals surface area contributed by atoms with E-state index in [1.54, 1.807) is 18.3 Å². The van der Waals surface area contributed by atoms with Crippen LogP contribution >= 0.6 is 23.8 Å². The SMILES string of the molecule is Oc1cccnc1NC(=S)NCC1(c2cccc(Cl)c2)CCCC1. The van der Waals surface area contributed by atoms with Gasteiger partial charge in [0.2, 0.25) is 0 Å². The summed E-state index contributed by atoms with van der Waals surface area (Å²) in [6, 6.07) is 11.3. The predicted molar refractivity (Wildman–Crippen MR) is 102 cm³/mol. The largest absolute Gasteiger partial charge is 0.504 e. The van der Waals surface area contributed by atoms with Crippen molar-refractivity contribution in [2.45, 2.75) is 31.1 Å². The molecule has 0 bridgehead atoms. The second-order valence-corrected chi connectivity index (χ2v) is 7.02. The van der Waals surface area contributed by atoms with Crippen molar-refractivity contribution >= 4 is 34.7 Å². The molecule has 1 saturated carbocycles. The van der Waals surface area contributed by atoms with Gasteiger partial charge in [-0.1, -0.05) is 36.6 Å². The summed E-state index contributed by atoms with van der Waals surface area (Å²) in [5.74, 6) is 0.435. The maximum atomic E-state index is 9.77. The molecule has 1 heterocycles. The van der Waals surface area contributed by atoms with Crippen LogP contribution in [0.2, 0.25) is 5.02 Å². The summed E-state index contributed by atoms with van der Waals surface area (Å²) in [5, 5.41) is 17.2. The van der Waals surface area contributed by atoms with E-state index in [9.17, 15) is 5.11 Å². The van der Waals surface area contributed by atoms with E-state index in [0.717, 1.165) is 24.4 Å². The summed E-state index contributed by atoms with van der Waals surface area (Å²) in [6.45, 7) is 0.729. The van der Waals surface area contributed by atoms with Crippen molar-refractivity contribution in [2.75, 3.05) is 11.9 Å². The van der Waals surface area contributed by atoms with Crippen LogP contribution in [0.5, 0.6) is 5.75 Å². The fraction of sp³-hybridized carbons (Fsp3) is 0.333. The molecule has 0 saturated heterocycles. The molecule has 4 nitrogen and oxygen atoms in total. The maximum absolute atomic E-state index is 9.77. The summed E-state index contributed by atoms with van der Waals surface area (Å²) in [7, 11) is 0. The van der Waals surface area contributed by atoms with E-state index in [2.05, 4.69) is 27.8 Å². The zero-order chi connectivity index (χ0) is 17.0. The highest BCUT2D eigenvalue weighted by molar-refractivity contribution is 7.80. The summed E-state index contributed by atoms with van der Waals surface area (Å²) < 4.78 is 0. The molecule has 1 aliphatic rings. The number of thiocarbonyl (C=S) groups is 1. The van der Waals surface area contributed by atoms with E-state index in [4.69, 9.17) is 23.8 Å². The number of anilines is 1. The molecular weight excluding hydrogens is 342 g/mol. The maximum Gasteiger partial charge on any atom is 0.174 e. The molecular formula is C18H20ClN3OS. The fourth-order valence-electron chi connectivity index (χ4n) is 3.33. The molecule has 1 aromatic heterocycles. The van der Waals surface area contributed by atoms with Crippen molar-refractivity contribution in [3.63, 3.8) is 0 Å². The number of hydrogen-bond acceptors (Lipinski definition) is 3. The van der Waals surface area contributed by atoms with Crippen molar-refractivity contribution in [1.82, 2.24) is 10.3 Å². The van der Waals surface area contributed by atoms with Crippen LogP contribution in [0.4, 0.5) is 5.82 Å². The van der Waals surface area contributed by atoms with Crippen molar-refractivity contribution in [1.29, 1.82) is 0 Å². The Hall–Kier alpha value is -1.85. The third-order valence-electron chi connectivity index (χ3n) is 4.60. The molecule has 24 heavy (non-hydrogen) atoms. The molecule has 3 N–H and O–H groups in total. The Morgan fingerprint density at radius 1 is 1.25 bits per heavy atom. The lowest BCUT2D eigenvalue weighted by Crippen LogP contribution is -2.40. The highest BCUT2D eigenvalue weighted by Crippen LogP contribution is 2.41. The topological polar surface area (TPSA) is 57.2 Å². The molecule has 1 aromatic carbocycles. The highest BCUT2D eigenvalue weighted by atomic mass is 35.5. The van der Waals surface area contributed by atoms with Crippen LogP contribution in [0.25, 0.3) is 0 Å². The van der Waals surface area contributed by atoms with Gasteiger partial charge in [0.1, 0.15) is 0 Å². The molecule has 3 rings (SSSR count). The minimum atomic E-state index is 0.0444. The second-order valence-electron chi connectivity index (χ2n) is 6.18. The first-order valence-electron chi connectivity index (χ1n) is 8.04. The minimum absolute atomic E-state index is 0.0444. The van der Waals surface area contributed by atoms with Crippen LogP contribution in [0, 0.1) is 0 Å². The number of nitrogens with zero attached hydrogens (tertiary/aromatic N) is 1. The number of hydrogen-bond donors (Lipinski definition) is 3. The molecule has 0 unspecified atom stereocenters. The van der Waals surface area contributed by atoms with Crippen molar-refractivity contribution in [3.05, 3.63) is 53.2 Å². The van der Waals surface area contributed by atoms with Gasteiger partial charge in [0.25, 0.3) is 0 Å². The lowest BCUT2D eigenvalue weighted by Gasteiger charge is -2.30. The number of aromatic hydroxyl groups is 1. The highest BCUT2D eigenvalue weighted by Gasteiger charge is 2.35. The molecule has 1 fully saturated rings.